The molecule has 2 heterocycles. The number of hydrogen-bond donors (Lipinski definition) is 0. The third-order valence-electron chi connectivity index (χ3n) is 12.9. The van der Waals surface area contributed by atoms with Gasteiger partial charge in [-0.2, -0.15) is 0 Å². The molecule has 0 atom stereocenters. The standard InChI is InChI=1S/C60H38N2O/c1-3-18-44(19-4-1)61(46-31-29-40(30-32-46)53-36-42-17-9-10-22-48(42)49-23-11-12-24-50(49)53)47-33-34-51-54(37-47)62(45-20-5-2-6-21-45)55-38-57-60(52-25-13-14-26-56(52)63-57)58(59(51)55)43-28-27-39-15-7-8-16-41(39)35-43/h1-38H. The van der Waals surface area contributed by atoms with Gasteiger partial charge in [0.25, 0.3) is 0 Å². The smallest absolute Gasteiger partial charge is 0.138 e. The van der Waals surface area contributed by atoms with Crippen molar-refractivity contribution in [3.8, 4) is 27.9 Å². The van der Waals surface area contributed by atoms with Crippen LogP contribution in [0.3, 0.4) is 0 Å². The van der Waals surface area contributed by atoms with Crippen molar-refractivity contribution in [1.29, 1.82) is 0 Å². The summed E-state index contributed by atoms with van der Waals surface area (Å²) in [7, 11) is 0. The van der Waals surface area contributed by atoms with Crippen LogP contribution < -0.4 is 4.90 Å². The number of furan rings is 1. The summed E-state index contributed by atoms with van der Waals surface area (Å²) in [4.78, 5) is 2.37. The Morgan fingerprint density at radius 1 is 0.333 bits per heavy atom. The Hall–Kier alpha value is -8.40. The van der Waals surface area contributed by atoms with E-state index in [0.29, 0.717) is 0 Å². The molecule has 0 unspecified atom stereocenters. The van der Waals surface area contributed by atoms with Crippen molar-refractivity contribution in [2.24, 2.45) is 0 Å². The van der Waals surface area contributed by atoms with E-state index in [-0.39, 0.29) is 0 Å². The van der Waals surface area contributed by atoms with Crippen LogP contribution in [0, 0.1) is 0 Å². The molecule has 0 saturated carbocycles. The van der Waals surface area contributed by atoms with Gasteiger partial charge in [-0.05, 0) is 116 Å². The molecular formula is C60H38N2O. The average molecular weight is 803 g/mol. The molecule has 0 aliphatic heterocycles. The molecule has 0 bridgehead atoms. The third kappa shape index (κ3) is 5.60. The van der Waals surface area contributed by atoms with E-state index in [4.69, 9.17) is 4.42 Å². The van der Waals surface area contributed by atoms with E-state index < -0.39 is 0 Å². The first-order valence-corrected chi connectivity index (χ1v) is 21.6. The summed E-state index contributed by atoms with van der Waals surface area (Å²) >= 11 is 0. The number of benzene rings is 11. The number of para-hydroxylation sites is 3. The van der Waals surface area contributed by atoms with Crippen molar-refractivity contribution in [3.63, 3.8) is 0 Å². The first kappa shape index (κ1) is 35.4. The van der Waals surface area contributed by atoms with E-state index in [0.717, 1.165) is 61.3 Å². The van der Waals surface area contributed by atoms with Gasteiger partial charge in [0.2, 0.25) is 0 Å². The summed E-state index contributed by atoms with van der Waals surface area (Å²) in [6, 6.07) is 83.5. The highest BCUT2D eigenvalue weighted by molar-refractivity contribution is 6.27. The van der Waals surface area contributed by atoms with Gasteiger partial charge in [0.1, 0.15) is 11.2 Å². The molecule has 11 aromatic carbocycles. The fourth-order valence-corrected chi connectivity index (χ4v) is 10.1. The number of hydrogen-bond acceptors (Lipinski definition) is 2. The summed E-state index contributed by atoms with van der Waals surface area (Å²) in [5.74, 6) is 0. The Morgan fingerprint density at radius 2 is 0.952 bits per heavy atom. The molecule has 0 N–H and O–H groups in total. The third-order valence-corrected chi connectivity index (χ3v) is 12.9. The Bertz CT molecular complexity index is 3900. The van der Waals surface area contributed by atoms with Crippen molar-refractivity contribution in [1.82, 2.24) is 4.57 Å². The van der Waals surface area contributed by atoms with Gasteiger partial charge < -0.3 is 13.9 Å². The normalized spacial score (nSPS) is 11.8. The SMILES string of the molecule is c1ccc(N(c2ccc(-c3cc4ccccc4c4ccccc34)cc2)c2ccc3c4c(-c5ccc6ccccc6c5)c5c(cc4n(-c4ccccc4)c3c2)oc2ccccc25)cc1. The lowest BCUT2D eigenvalue weighted by atomic mass is 9.92. The van der Waals surface area contributed by atoms with Gasteiger partial charge in [0.05, 0.1) is 11.0 Å². The fourth-order valence-electron chi connectivity index (χ4n) is 10.1. The summed E-state index contributed by atoms with van der Waals surface area (Å²) in [5, 5.41) is 12.1. The molecule has 294 valence electrons. The molecule has 0 aliphatic carbocycles. The molecule has 3 heteroatoms. The lowest BCUT2D eigenvalue weighted by Gasteiger charge is -2.26. The van der Waals surface area contributed by atoms with E-state index in [2.05, 4.69) is 240 Å². The van der Waals surface area contributed by atoms with Crippen molar-refractivity contribution in [3.05, 3.63) is 231 Å². The van der Waals surface area contributed by atoms with Gasteiger partial charge in [-0.1, -0.05) is 158 Å². The molecular weight excluding hydrogens is 765 g/mol. The molecule has 2 aromatic heterocycles. The molecule has 13 rings (SSSR count). The van der Waals surface area contributed by atoms with Crippen LogP contribution in [-0.4, -0.2) is 4.57 Å². The zero-order valence-electron chi connectivity index (χ0n) is 34.2. The minimum absolute atomic E-state index is 0.872. The Morgan fingerprint density at radius 3 is 1.76 bits per heavy atom. The predicted octanol–water partition coefficient (Wildman–Crippen LogP) is 16.9. The summed E-state index contributed by atoms with van der Waals surface area (Å²) in [6.07, 6.45) is 0. The van der Waals surface area contributed by atoms with Crippen LogP contribution in [0.2, 0.25) is 0 Å². The second-order valence-electron chi connectivity index (χ2n) is 16.5. The Labute approximate surface area is 363 Å². The second-order valence-corrected chi connectivity index (χ2v) is 16.5. The monoisotopic (exact) mass is 802 g/mol. The van der Waals surface area contributed by atoms with Crippen molar-refractivity contribution in [2.75, 3.05) is 4.90 Å². The molecule has 13 aromatic rings. The molecule has 0 radical (unpaired) electrons. The second kappa shape index (κ2) is 14.1. The van der Waals surface area contributed by atoms with Crippen LogP contribution in [-0.2, 0) is 0 Å². The zero-order chi connectivity index (χ0) is 41.4. The quantitative estimate of drug-likeness (QED) is 0.156. The van der Waals surface area contributed by atoms with E-state index in [1.54, 1.807) is 0 Å². The number of fused-ring (bicyclic) bond motifs is 10. The van der Waals surface area contributed by atoms with E-state index >= 15 is 0 Å². The Balaban J connectivity index is 1.06. The maximum atomic E-state index is 6.74. The molecule has 0 amide bonds. The van der Waals surface area contributed by atoms with Gasteiger partial charge in [0, 0.05) is 55.9 Å². The molecule has 0 spiro atoms. The minimum Gasteiger partial charge on any atom is -0.456 e. The van der Waals surface area contributed by atoms with Crippen LogP contribution in [0.4, 0.5) is 17.1 Å². The maximum absolute atomic E-state index is 6.74. The highest BCUT2D eigenvalue weighted by atomic mass is 16.3. The van der Waals surface area contributed by atoms with Crippen molar-refractivity contribution in [2.45, 2.75) is 0 Å². The number of anilines is 3. The largest absolute Gasteiger partial charge is 0.456 e. The van der Waals surface area contributed by atoms with Crippen LogP contribution in [0.1, 0.15) is 0 Å². The highest BCUT2D eigenvalue weighted by Crippen LogP contribution is 2.48. The average Bonchev–Trinajstić information content (AvgIpc) is 3.89. The molecule has 0 fully saturated rings. The van der Waals surface area contributed by atoms with Crippen LogP contribution in [0.15, 0.2) is 235 Å². The molecule has 3 nitrogen and oxygen atoms in total. The number of nitrogens with zero attached hydrogens (tertiary/aromatic N) is 2. The van der Waals surface area contributed by atoms with E-state index in [9.17, 15) is 0 Å². The Kier molecular flexibility index (Phi) is 7.91. The molecule has 63 heavy (non-hydrogen) atoms. The number of rotatable bonds is 6. The number of aromatic nitrogens is 1. The van der Waals surface area contributed by atoms with Gasteiger partial charge >= 0.3 is 0 Å². The van der Waals surface area contributed by atoms with Gasteiger partial charge in [-0.25, -0.2) is 0 Å². The van der Waals surface area contributed by atoms with E-state index in [1.807, 2.05) is 0 Å². The van der Waals surface area contributed by atoms with Crippen LogP contribution in [0.5, 0.6) is 0 Å². The summed E-state index contributed by atoms with van der Waals surface area (Å²) in [5.41, 5.74) is 13.1. The molecule has 0 saturated heterocycles. The van der Waals surface area contributed by atoms with Gasteiger partial charge in [0.15, 0.2) is 0 Å². The first-order valence-electron chi connectivity index (χ1n) is 21.6. The fraction of sp³-hybridized carbons (Fsp3) is 0. The topological polar surface area (TPSA) is 21.3 Å². The lowest BCUT2D eigenvalue weighted by Crippen LogP contribution is -2.10. The maximum Gasteiger partial charge on any atom is 0.138 e. The first-order chi connectivity index (χ1) is 31.2. The minimum atomic E-state index is 0.872. The van der Waals surface area contributed by atoms with Gasteiger partial charge in [-0.15, -0.1) is 0 Å². The van der Waals surface area contributed by atoms with Gasteiger partial charge in [-0.3, -0.25) is 0 Å². The zero-order valence-corrected chi connectivity index (χ0v) is 34.2. The molecule has 0 aliphatic rings. The van der Waals surface area contributed by atoms with Crippen LogP contribution >= 0.6 is 0 Å². The predicted molar refractivity (Wildman–Crippen MR) is 266 cm³/mol. The van der Waals surface area contributed by atoms with Crippen molar-refractivity contribution < 1.29 is 4.42 Å². The summed E-state index contributed by atoms with van der Waals surface area (Å²) < 4.78 is 9.16. The van der Waals surface area contributed by atoms with E-state index in [1.165, 1.54) is 59.8 Å². The highest BCUT2D eigenvalue weighted by Gasteiger charge is 2.24. The van der Waals surface area contributed by atoms with Crippen molar-refractivity contribution >= 4 is 93.1 Å². The van der Waals surface area contributed by atoms with Crippen LogP contribution in [0.25, 0.3) is 104 Å². The lowest BCUT2D eigenvalue weighted by molar-refractivity contribution is 0.669. The summed E-state index contributed by atoms with van der Waals surface area (Å²) in [6.45, 7) is 0.